The maximum Gasteiger partial charge on any atom is 0.261 e. The highest BCUT2D eigenvalue weighted by atomic mass is 35.5. The fraction of sp³-hybridized carbons (Fsp3) is 0.214. The lowest BCUT2D eigenvalue weighted by atomic mass is 9.96. The summed E-state index contributed by atoms with van der Waals surface area (Å²) >= 11 is 5.94. The molecule has 1 aromatic carbocycles. The van der Waals surface area contributed by atoms with Crippen LogP contribution in [0.1, 0.15) is 34.6 Å². The molecule has 4 nitrogen and oxygen atoms in total. The first-order chi connectivity index (χ1) is 9.00. The molecule has 96 valence electrons. The van der Waals surface area contributed by atoms with Crippen LogP contribution >= 0.6 is 11.6 Å². The molecule has 5 heteroatoms. The summed E-state index contributed by atoms with van der Waals surface area (Å²) in [5.41, 5.74) is 1.52. The van der Waals surface area contributed by atoms with Crippen molar-refractivity contribution in [3.63, 3.8) is 0 Å². The van der Waals surface area contributed by atoms with Gasteiger partial charge in [0.1, 0.15) is 5.15 Å². The van der Waals surface area contributed by atoms with Crippen LogP contribution in [-0.4, -0.2) is 27.7 Å². The van der Waals surface area contributed by atoms with E-state index in [1.54, 1.807) is 18.2 Å². The van der Waals surface area contributed by atoms with Gasteiger partial charge < -0.3 is 0 Å². The molecule has 1 aromatic heterocycles. The average molecular weight is 275 g/mol. The summed E-state index contributed by atoms with van der Waals surface area (Å²) < 4.78 is 0. The van der Waals surface area contributed by atoms with E-state index in [0.717, 1.165) is 0 Å². The van der Waals surface area contributed by atoms with Crippen LogP contribution in [-0.2, 0) is 0 Å². The molecule has 0 saturated heterocycles. The van der Waals surface area contributed by atoms with Crippen LogP contribution in [0, 0.1) is 0 Å². The summed E-state index contributed by atoms with van der Waals surface area (Å²) in [4.78, 5) is 30.2. The molecule has 0 bridgehead atoms. The lowest BCUT2D eigenvalue weighted by Gasteiger charge is -2.29. The maximum atomic E-state index is 12.4. The number of rotatable bonds is 1. The van der Waals surface area contributed by atoms with E-state index in [0.29, 0.717) is 22.0 Å². The van der Waals surface area contributed by atoms with Gasteiger partial charge in [0, 0.05) is 11.4 Å². The van der Waals surface area contributed by atoms with Gasteiger partial charge in [-0.1, -0.05) is 17.7 Å². The Morgan fingerprint density at radius 1 is 1.16 bits per heavy atom. The molecule has 3 rings (SSSR count). The van der Waals surface area contributed by atoms with E-state index in [9.17, 15) is 9.59 Å². The van der Waals surface area contributed by atoms with Gasteiger partial charge in [-0.15, -0.1) is 0 Å². The third-order valence-corrected chi connectivity index (χ3v) is 3.41. The monoisotopic (exact) mass is 274 g/mol. The highest BCUT2D eigenvalue weighted by molar-refractivity contribution is 6.32. The fourth-order valence-corrected chi connectivity index (χ4v) is 2.62. The van der Waals surface area contributed by atoms with Gasteiger partial charge >= 0.3 is 0 Å². The van der Waals surface area contributed by atoms with Crippen LogP contribution in [0.3, 0.4) is 0 Å². The van der Waals surface area contributed by atoms with Crippen molar-refractivity contribution in [1.29, 1.82) is 0 Å². The first-order valence-electron chi connectivity index (χ1n) is 5.98. The van der Waals surface area contributed by atoms with Crippen molar-refractivity contribution in [2.24, 2.45) is 0 Å². The van der Waals surface area contributed by atoms with Crippen LogP contribution in [0.15, 0.2) is 24.3 Å². The van der Waals surface area contributed by atoms with E-state index in [4.69, 9.17) is 11.6 Å². The Balaban J connectivity index is 2.41. The zero-order valence-electron chi connectivity index (χ0n) is 10.5. The van der Waals surface area contributed by atoms with Crippen LogP contribution < -0.4 is 0 Å². The molecular formula is C14H11ClN2O2. The standard InChI is InChI=1S/C14H11ClN2O2/c1-7(2)17-13(18)8-4-3-5-10-12(8)9(14(17)19)6-11(15)16-10/h3-7H,1-2H3. The van der Waals surface area contributed by atoms with E-state index >= 15 is 0 Å². The third kappa shape index (κ3) is 1.64. The predicted octanol–water partition coefficient (Wildman–Crippen LogP) is 2.89. The summed E-state index contributed by atoms with van der Waals surface area (Å²) in [6.45, 7) is 3.62. The topological polar surface area (TPSA) is 50.3 Å². The zero-order chi connectivity index (χ0) is 13.7. The molecule has 1 aliphatic rings. The van der Waals surface area contributed by atoms with Gasteiger partial charge in [0.05, 0.1) is 16.6 Å². The van der Waals surface area contributed by atoms with Crippen molar-refractivity contribution in [3.05, 3.63) is 40.5 Å². The number of pyridine rings is 1. The maximum absolute atomic E-state index is 12.4. The number of nitrogens with zero attached hydrogens (tertiary/aromatic N) is 2. The first kappa shape index (κ1) is 12.1. The summed E-state index contributed by atoms with van der Waals surface area (Å²) in [6.07, 6.45) is 0. The minimum absolute atomic E-state index is 0.199. The van der Waals surface area contributed by atoms with Gasteiger partial charge in [-0.25, -0.2) is 4.98 Å². The van der Waals surface area contributed by atoms with Gasteiger partial charge in [-0.3, -0.25) is 14.5 Å². The van der Waals surface area contributed by atoms with E-state index in [2.05, 4.69) is 4.98 Å². The highest BCUT2D eigenvalue weighted by Crippen LogP contribution is 2.31. The van der Waals surface area contributed by atoms with Gasteiger partial charge in [0.15, 0.2) is 0 Å². The Morgan fingerprint density at radius 3 is 2.53 bits per heavy atom. The second-order valence-corrected chi connectivity index (χ2v) is 5.15. The largest absolute Gasteiger partial charge is 0.272 e. The smallest absolute Gasteiger partial charge is 0.261 e. The van der Waals surface area contributed by atoms with Gasteiger partial charge in [0.25, 0.3) is 11.8 Å². The summed E-state index contributed by atoms with van der Waals surface area (Å²) in [5, 5.41) is 0.852. The second-order valence-electron chi connectivity index (χ2n) is 4.77. The number of carbonyl (C=O) groups is 2. The van der Waals surface area contributed by atoms with Gasteiger partial charge in [-0.2, -0.15) is 0 Å². The number of amides is 2. The molecule has 0 spiro atoms. The van der Waals surface area contributed by atoms with E-state index in [1.807, 2.05) is 13.8 Å². The molecule has 2 heterocycles. The fourth-order valence-electron chi connectivity index (χ4n) is 2.42. The molecule has 0 aliphatic carbocycles. The zero-order valence-corrected chi connectivity index (χ0v) is 11.2. The summed E-state index contributed by atoms with van der Waals surface area (Å²) in [7, 11) is 0. The summed E-state index contributed by atoms with van der Waals surface area (Å²) in [5.74, 6) is -0.588. The Kier molecular flexibility index (Phi) is 2.57. The van der Waals surface area contributed by atoms with Crippen molar-refractivity contribution in [3.8, 4) is 0 Å². The van der Waals surface area contributed by atoms with E-state index in [1.165, 1.54) is 11.0 Å². The SMILES string of the molecule is CC(C)N1C(=O)c2cccc3nc(Cl)cc(c23)C1=O. The highest BCUT2D eigenvalue weighted by Gasteiger charge is 2.34. The van der Waals surface area contributed by atoms with Gasteiger partial charge in [-0.05, 0) is 32.0 Å². The number of carbonyl (C=O) groups excluding carboxylic acids is 2. The molecule has 0 N–H and O–H groups in total. The molecule has 2 amide bonds. The van der Waals surface area contributed by atoms with Crippen molar-refractivity contribution < 1.29 is 9.59 Å². The predicted molar refractivity (Wildman–Crippen MR) is 72.4 cm³/mol. The molecule has 0 saturated carbocycles. The molecule has 19 heavy (non-hydrogen) atoms. The number of hydrogen-bond donors (Lipinski definition) is 0. The molecule has 0 unspecified atom stereocenters. The van der Waals surface area contributed by atoms with Crippen LogP contribution in [0.4, 0.5) is 0 Å². The number of imide groups is 1. The van der Waals surface area contributed by atoms with E-state index in [-0.39, 0.29) is 23.0 Å². The molecule has 0 fully saturated rings. The summed E-state index contributed by atoms with van der Waals surface area (Å²) in [6, 6.07) is 6.54. The average Bonchev–Trinajstić information content (AvgIpc) is 2.35. The molecule has 1 aliphatic heterocycles. The van der Waals surface area contributed by atoms with Crippen molar-refractivity contribution >= 4 is 34.3 Å². The number of halogens is 1. The molecular weight excluding hydrogens is 264 g/mol. The van der Waals surface area contributed by atoms with Crippen LogP contribution in [0.25, 0.3) is 10.9 Å². The molecule has 2 aromatic rings. The Bertz CT molecular complexity index is 725. The molecule has 0 radical (unpaired) electrons. The minimum Gasteiger partial charge on any atom is -0.272 e. The van der Waals surface area contributed by atoms with Crippen molar-refractivity contribution in [1.82, 2.24) is 9.88 Å². The van der Waals surface area contributed by atoms with Gasteiger partial charge in [0.2, 0.25) is 0 Å². The lowest BCUT2D eigenvalue weighted by Crippen LogP contribution is -2.44. The van der Waals surface area contributed by atoms with Crippen molar-refractivity contribution in [2.45, 2.75) is 19.9 Å². The normalized spacial score (nSPS) is 14.6. The number of hydrogen-bond acceptors (Lipinski definition) is 3. The van der Waals surface area contributed by atoms with Crippen LogP contribution in [0.5, 0.6) is 0 Å². The van der Waals surface area contributed by atoms with Crippen molar-refractivity contribution in [2.75, 3.05) is 0 Å². The lowest BCUT2D eigenvalue weighted by molar-refractivity contribution is 0.0564. The Morgan fingerprint density at radius 2 is 1.84 bits per heavy atom. The first-order valence-corrected chi connectivity index (χ1v) is 6.35. The quantitative estimate of drug-likeness (QED) is 0.593. The number of benzene rings is 1. The third-order valence-electron chi connectivity index (χ3n) is 3.22. The Hall–Kier alpha value is -1.94. The van der Waals surface area contributed by atoms with E-state index < -0.39 is 0 Å². The second kappa shape index (κ2) is 4.03. The Labute approximate surface area is 115 Å². The molecule has 0 atom stereocenters. The van der Waals surface area contributed by atoms with Crippen LogP contribution in [0.2, 0.25) is 5.15 Å². The minimum atomic E-state index is -0.312. The number of aromatic nitrogens is 1.